The molecule has 0 bridgehead atoms. The molecule has 11 heavy (non-hydrogen) atoms. The largest absolute Gasteiger partial charge is 0.454 e. The number of ether oxygens (including phenoxy) is 1. The minimum Gasteiger partial charge on any atom is -0.454 e. The standard InChI is InChI=1S/C6H5IO4/c1-3(8)5-4(11-7)2-10-6(5)9/h2H2,1H3. The van der Waals surface area contributed by atoms with E-state index >= 15 is 0 Å². The summed E-state index contributed by atoms with van der Waals surface area (Å²) >= 11 is 1.61. The van der Waals surface area contributed by atoms with Gasteiger partial charge in [-0.3, -0.25) is 4.79 Å². The minimum atomic E-state index is -0.593. The SMILES string of the molecule is CC(=O)C1=C(OI)COC1=O. The summed E-state index contributed by atoms with van der Waals surface area (Å²) in [5.41, 5.74) is 0.0272. The Labute approximate surface area is 77.2 Å². The zero-order valence-corrected chi connectivity index (χ0v) is 7.88. The number of carbonyl (C=O) groups excluding carboxylic acids is 2. The molecule has 4 nitrogen and oxygen atoms in total. The van der Waals surface area contributed by atoms with Crippen molar-refractivity contribution in [2.75, 3.05) is 6.61 Å². The van der Waals surface area contributed by atoms with E-state index in [0.717, 1.165) is 0 Å². The third kappa shape index (κ3) is 1.52. The van der Waals surface area contributed by atoms with Crippen LogP contribution < -0.4 is 0 Å². The molecular formula is C6H5IO4. The number of Topliss-reactive ketones (excluding diaryl/α,β-unsaturated/α-hetero) is 1. The maximum atomic E-state index is 10.8. The van der Waals surface area contributed by atoms with Gasteiger partial charge in [-0.15, -0.1) is 0 Å². The van der Waals surface area contributed by atoms with Crippen molar-refractivity contribution < 1.29 is 17.4 Å². The zero-order valence-electron chi connectivity index (χ0n) is 5.72. The lowest BCUT2D eigenvalue weighted by Crippen LogP contribution is -2.06. The van der Waals surface area contributed by atoms with Crippen molar-refractivity contribution in [1.29, 1.82) is 0 Å². The fourth-order valence-corrected chi connectivity index (χ4v) is 1.14. The van der Waals surface area contributed by atoms with Crippen LogP contribution in [0.3, 0.4) is 0 Å². The first kappa shape index (κ1) is 8.51. The molecule has 0 aromatic carbocycles. The Morgan fingerprint density at radius 2 is 2.36 bits per heavy atom. The van der Waals surface area contributed by atoms with Gasteiger partial charge in [-0.1, -0.05) is 0 Å². The molecule has 1 heterocycles. The molecule has 0 N–H and O–H groups in total. The zero-order chi connectivity index (χ0) is 8.43. The van der Waals surface area contributed by atoms with Gasteiger partial charge in [0, 0.05) is 0 Å². The Morgan fingerprint density at radius 3 is 2.73 bits per heavy atom. The molecule has 0 saturated heterocycles. The molecule has 0 atom stereocenters. The predicted molar refractivity (Wildman–Crippen MR) is 43.8 cm³/mol. The third-order valence-corrected chi connectivity index (χ3v) is 1.79. The topological polar surface area (TPSA) is 52.6 Å². The summed E-state index contributed by atoms with van der Waals surface area (Å²) in [7, 11) is 0. The van der Waals surface area contributed by atoms with E-state index in [0.29, 0.717) is 5.76 Å². The van der Waals surface area contributed by atoms with Crippen LogP contribution >= 0.6 is 23.0 Å². The summed E-state index contributed by atoms with van der Waals surface area (Å²) < 4.78 is 9.31. The van der Waals surface area contributed by atoms with Gasteiger partial charge in [0.1, 0.15) is 5.57 Å². The molecular weight excluding hydrogens is 263 g/mol. The molecule has 1 aliphatic heterocycles. The van der Waals surface area contributed by atoms with Gasteiger partial charge in [-0.05, 0) is 6.92 Å². The smallest absolute Gasteiger partial charge is 0.345 e. The van der Waals surface area contributed by atoms with E-state index in [1.165, 1.54) is 6.92 Å². The van der Waals surface area contributed by atoms with E-state index in [4.69, 9.17) is 3.07 Å². The second-order valence-corrected chi connectivity index (χ2v) is 2.45. The highest BCUT2D eigenvalue weighted by Crippen LogP contribution is 2.19. The highest BCUT2D eigenvalue weighted by atomic mass is 127. The lowest BCUT2D eigenvalue weighted by molar-refractivity contribution is -0.137. The van der Waals surface area contributed by atoms with E-state index in [-0.39, 0.29) is 18.0 Å². The van der Waals surface area contributed by atoms with Crippen molar-refractivity contribution in [2.24, 2.45) is 0 Å². The number of carbonyl (C=O) groups is 2. The summed E-state index contributed by atoms with van der Waals surface area (Å²) in [6.07, 6.45) is 0. The Balaban J connectivity index is 2.99. The van der Waals surface area contributed by atoms with Crippen molar-refractivity contribution in [3.63, 3.8) is 0 Å². The molecule has 1 aliphatic rings. The van der Waals surface area contributed by atoms with Crippen LogP contribution in [-0.4, -0.2) is 18.4 Å². The van der Waals surface area contributed by atoms with Gasteiger partial charge < -0.3 is 7.80 Å². The molecule has 0 aliphatic carbocycles. The number of hydrogen-bond acceptors (Lipinski definition) is 4. The quantitative estimate of drug-likeness (QED) is 0.421. The van der Waals surface area contributed by atoms with Gasteiger partial charge in [0.05, 0.1) is 0 Å². The van der Waals surface area contributed by atoms with Gasteiger partial charge in [0.2, 0.25) is 0 Å². The highest BCUT2D eigenvalue weighted by Gasteiger charge is 2.29. The molecule has 0 unspecified atom stereocenters. The van der Waals surface area contributed by atoms with Crippen LogP contribution in [-0.2, 0) is 17.4 Å². The maximum Gasteiger partial charge on any atom is 0.345 e. The monoisotopic (exact) mass is 268 g/mol. The van der Waals surface area contributed by atoms with Gasteiger partial charge in [0.25, 0.3) is 0 Å². The normalized spacial score (nSPS) is 16.7. The number of cyclic esters (lactones) is 1. The lowest BCUT2D eigenvalue weighted by Gasteiger charge is -1.93. The van der Waals surface area contributed by atoms with Crippen molar-refractivity contribution in [3.8, 4) is 0 Å². The second-order valence-electron chi connectivity index (χ2n) is 2.01. The predicted octanol–water partition coefficient (Wildman–Crippen LogP) is 0.753. The Hall–Kier alpha value is -0.590. The van der Waals surface area contributed by atoms with Crippen molar-refractivity contribution in [3.05, 3.63) is 11.3 Å². The molecule has 0 fully saturated rings. The Morgan fingerprint density at radius 1 is 1.73 bits per heavy atom. The fraction of sp³-hybridized carbons (Fsp3) is 0.333. The van der Waals surface area contributed by atoms with Gasteiger partial charge in [-0.2, -0.15) is 0 Å². The average Bonchev–Trinajstić information content (AvgIpc) is 2.30. The van der Waals surface area contributed by atoms with Crippen molar-refractivity contribution >= 4 is 34.8 Å². The molecule has 0 amide bonds. The van der Waals surface area contributed by atoms with E-state index in [1.54, 1.807) is 23.0 Å². The van der Waals surface area contributed by atoms with Crippen LogP contribution in [0.2, 0.25) is 0 Å². The van der Waals surface area contributed by atoms with Crippen molar-refractivity contribution in [1.82, 2.24) is 0 Å². The molecule has 0 saturated carbocycles. The second kappa shape index (κ2) is 3.21. The number of hydrogen-bond donors (Lipinski definition) is 0. The summed E-state index contributed by atoms with van der Waals surface area (Å²) in [6, 6.07) is 0. The van der Waals surface area contributed by atoms with Crippen LogP contribution in [0.15, 0.2) is 11.3 Å². The van der Waals surface area contributed by atoms with Gasteiger partial charge in [0.15, 0.2) is 41.2 Å². The number of ketones is 1. The third-order valence-electron chi connectivity index (χ3n) is 1.26. The van der Waals surface area contributed by atoms with Crippen LogP contribution in [0.5, 0.6) is 0 Å². The minimum absolute atomic E-state index is 0.0272. The first-order valence-electron chi connectivity index (χ1n) is 2.86. The first-order chi connectivity index (χ1) is 5.16. The van der Waals surface area contributed by atoms with Crippen LogP contribution in [0.4, 0.5) is 0 Å². The molecule has 0 aromatic heterocycles. The van der Waals surface area contributed by atoms with E-state index in [2.05, 4.69) is 4.74 Å². The molecule has 5 heteroatoms. The summed E-state index contributed by atoms with van der Waals surface area (Å²) in [4.78, 5) is 21.6. The first-order valence-corrected chi connectivity index (χ1v) is 3.74. The molecule has 60 valence electrons. The number of halogens is 1. The Bertz CT molecular complexity index is 243. The van der Waals surface area contributed by atoms with Crippen molar-refractivity contribution in [2.45, 2.75) is 6.92 Å². The summed E-state index contributed by atoms with van der Waals surface area (Å²) in [5, 5.41) is 0. The Kier molecular flexibility index (Phi) is 2.48. The number of esters is 1. The molecule has 0 aromatic rings. The average molecular weight is 268 g/mol. The van der Waals surface area contributed by atoms with Gasteiger partial charge >= 0.3 is 5.97 Å². The maximum absolute atomic E-state index is 10.8. The molecule has 1 rings (SSSR count). The van der Waals surface area contributed by atoms with Crippen LogP contribution in [0, 0.1) is 0 Å². The molecule has 0 spiro atoms. The van der Waals surface area contributed by atoms with E-state index in [9.17, 15) is 9.59 Å². The van der Waals surface area contributed by atoms with Crippen LogP contribution in [0.1, 0.15) is 6.92 Å². The van der Waals surface area contributed by atoms with E-state index < -0.39 is 5.97 Å². The number of rotatable bonds is 2. The summed E-state index contributed by atoms with van der Waals surface area (Å²) in [5.74, 6) is -0.605. The lowest BCUT2D eigenvalue weighted by atomic mass is 10.2. The van der Waals surface area contributed by atoms with Gasteiger partial charge in [-0.25, -0.2) is 4.79 Å². The van der Waals surface area contributed by atoms with Crippen LogP contribution in [0.25, 0.3) is 0 Å². The fourth-order valence-electron chi connectivity index (χ4n) is 0.790. The van der Waals surface area contributed by atoms with E-state index in [1.807, 2.05) is 0 Å². The molecule has 0 radical (unpaired) electrons. The summed E-state index contributed by atoms with van der Waals surface area (Å²) in [6.45, 7) is 1.37. The highest BCUT2D eigenvalue weighted by molar-refractivity contribution is 14.1.